The van der Waals surface area contributed by atoms with E-state index in [1.807, 2.05) is 42.5 Å². The second kappa shape index (κ2) is 9.53. The molecule has 0 aromatic heterocycles. The molecule has 3 N–H and O–H groups in total. The molecule has 1 aliphatic heterocycles. The van der Waals surface area contributed by atoms with Gasteiger partial charge in [0.1, 0.15) is 5.75 Å². The van der Waals surface area contributed by atoms with Crippen molar-refractivity contribution in [3.05, 3.63) is 93.5 Å². The number of benzene rings is 3. The molecule has 3 aromatic rings. The van der Waals surface area contributed by atoms with Crippen molar-refractivity contribution in [1.29, 1.82) is 0 Å². The molecule has 3 aromatic carbocycles. The van der Waals surface area contributed by atoms with Gasteiger partial charge in [-0.2, -0.15) is 0 Å². The maximum absolute atomic E-state index is 12.8. The molecule has 1 aliphatic rings. The van der Waals surface area contributed by atoms with Gasteiger partial charge >= 0.3 is 11.7 Å². The van der Waals surface area contributed by atoms with E-state index in [0.717, 1.165) is 5.56 Å². The van der Waals surface area contributed by atoms with Crippen LogP contribution in [0.1, 0.15) is 29.7 Å². The monoisotopic (exact) mass is 461 g/mol. The predicted octanol–water partition coefficient (Wildman–Crippen LogP) is 4.63. The van der Waals surface area contributed by atoms with Gasteiger partial charge in [-0.05, 0) is 36.2 Å². The third kappa shape index (κ3) is 4.36. The molecule has 174 valence electrons. The first-order chi connectivity index (χ1) is 16.4. The molecule has 1 unspecified atom stereocenters. The average molecular weight is 461 g/mol. The lowest BCUT2D eigenvalue weighted by Crippen LogP contribution is -2.43. The van der Waals surface area contributed by atoms with Gasteiger partial charge in [-0.3, -0.25) is 10.1 Å². The highest BCUT2D eigenvalue weighted by molar-refractivity contribution is 6.03. The second-order valence-electron chi connectivity index (χ2n) is 7.50. The van der Waals surface area contributed by atoms with Crippen molar-refractivity contribution in [3.8, 4) is 17.2 Å². The molecule has 34 heavy (non-hydrogen) atoms. The van der Waals surface area contributed by atoms with Crippen LogP contribution in [0.4, 0.5) is 10.5 Å². The van der Waals surface area contributed by atoms with Crippen LogP contribution in [0.2, 0.25) is 0 Å². The number of ether oxygens (including phenoxy) is 2. The van der Waals surface area contributed by atoms with Gasteiger partial charge in [0.2, 0.25) is 5.75 Å². The zero-order chi connectivity index (χ0) is 24.2. The van der Waals surface area contributed by atoms with E-state index in [1.54, 1.807) is 26.2 Å². The van der Waals surface area contributed by atoms with Gasteiger partial charge in [-0.25, -0.2) is 4.79 Å². The molecule has 2 amide bonds. The summed E-state index contributed by atoms with van der Waals surface area (Å²) in [6.45, 7) is 1.91. The highest BCUT2D eigenvalue weighted by Gasteiger charge is 2.33. The van der Waals surface area contributed by atoms with E-state index in [9.17, 15) is 20.0 Å². The van der Waals surface area contributed by atoms with E-state index in [4.69, 9.17) is 9.47 Å². The summed E-state index contributed by atoms with van der Waals surface area (Å²) in [4.78, 5) is 23.7. The van der Waals surface area contributed by atoms with Gasteiger partial charge in [0, 0.05) is 17.2 Å². The fourth-order valence-corrected chi connectivity index (χ4v) is 3.93. The number of nitrogens with one attached hydrogen (secondary N) is 2. The zero-order valence-electron chi connectivity index (χ0n) is 18.6. The van der Waals surface area contributed by atoms with Crippen LogP contribution in [-0.2, 0) is 0 Å². The minimum Gasteiger partial charge on any atom is -0.500 e. The molecule has 0 radical (unpaired) electrons. The van der Waals surface area contributed by atoms with Crippen molar-refractivity contribution in [1.82, 2.24) is 10.6 Å². The molecular weight excluding hydrogens is 438 g/mol. The SMILES string of the molecule is CCOc1cc(C2NC(=O)NC(c3cccc(OC)c3)=C2c2ccccc2)cc([N+](=O)[O-])c1O. The van der Waals surface area contributed by atoms with Crippen molar-refractivity contribution in [2.45, 2.75) is 13.0 Å². The number of rotatable bonds is 7. The molecule has 1 atom stereocenters. The average Bonchev–Trinajstić information content (AvgIpc) is 2.85. The van der Waals surface area contributed by atoms with Gasteiger partial charge in [0.25, 0.3) is 0 Å². The van der Waals surface area contributed by atoms with Gasteiger partial charge in [-0.1, -0.05) is 42.5 Å². The van der Waals surface area contributed by atoms with Gasteiger partial charge in [-0.15, -0.1) is 0 Å². The predicted molar refractivity (Wildman–Crippen MR) is 127 cm³/mol. The van der Waals surface area contributed by atoms with E-state index < -0.39 is 28.4 Å². The van der Waals surface area contributed by atoms with Crippen LogP contribution in [-0.4, -0.2) is 29.8 Å². The quantitative estimate of drug-likeness (QED) is 0.348. The zero-order valence-corrected chi connectivity index (χ0v) is 18.6. The Balaban J connectivity index is 1.99. The van der Waals surface area contributed by atoms with E-state index in [0.29, 0.717) is 28.1 Å². The molecular formula is C25H23N3O6. The van der Waals surface area contributed by atoms with Gasteiger partial charge in [0.15, 0.2) is 5.75 Å². The Hall–Kier alpha value is -4.53. The fourth-order valence-electron chi connectivity index (χ4n) is 3.93. The minimum absolute atomic E-state index is 0.0326. The Labute approximate surface area is 195 Å². The Morgan fingerprint density at radius 2 is 1.79 bits per heavy atom. The number of carbonyl (C=O) groups excluding carboxylic acids is 1. The van der Waals surface area contributed by atoms with Crippen LogP contribution in [0.5, 0.6) is 17.2 Å². The summed E-state index contributed by atoms with van der Waals surface area (Å²) >= 11 is 0. The number of urea groups is 1. The maximum atomic E-state index is 12.8. The Morgan fingerprint density at radius 1 is 1.06 bits per heavy atom. The Kier molecular flexibility index (Phi) is 6.35. The van der Waals surface area contributed by atoms with E-state index in [1.165, 1.54) is 12.1 Å². The summed E-state index contributed by atoms with van der Waals surface area (Å²) in [7, 11) is 1.56. The molecule has 0 spiro atoms. The summed E-state index contributed by atoms with van der Waals surface area (Å²) in [6.07, 6.45) is 0. The maximum Gasteiger partial charge on any atom is 0.320 e. The number of aromatic hydroxyl groups is 1. The number of carbonyl (C=O) groups is 1. The largest absolute Gasteiger partial charge is 0.500 e. The second-order valence-corrected chi connectivity index (χ2v) is 7.50. The molecule has 9 nitrogen and oxygen atoms in total. The summed E-state index contributed by atoms with van der Waals surface area (Å²) in [5.74, 6) is 0.0181. The lowest BCUT2D eigenvalue weighted by Gasteiger charge is -2.31. The van der Waals surface area contributed by atoms with Crippen LogP contribution in [0, 0.1) is 10.1 Å². The third-order valence-corrected chi connectivity index (χ3v) is 5.42. The molecule has 1 heterocycles. The first-order valence-electron chi connectivity index (χ1n) is 10.6. The molecule has 0 fully saturated rings. The number of hydrogen-bond acceptors (Lipinski definition) is 6. The number of hydrogen-bond donors (Lipinski definition) is 3. The van der Waals surface area contributed by atoms with Crippen molar-refractivity contribution in [3.63, 3.8) is 0 Å². The van der Waals surface area contributed by atoms with Crippen molar-refractivity contribution in [2.24, 2.45) is 0 Å². The lowest BCUT2D eigenvalue weighted by molar-refractivity contribution is -0.386. The van der Waals surface area contributed by atoms with E-state index >= 15 is 0 Å². The molecule has 9 heteroatoms. The number of nitrogens with zero attached hydrogens (tertiary/aromatic N) is 1. The first-order valence-corrected chi connectivity index (χ1v) is 10.6. The molecule has 0 bridgehead atoms. The summed E-state index contributed by atoms with van der Waals surface area (Å²) in [6, 6.07) is 18.1. The molecule has 4 rings (SSSR count). The number of nitro groups is 1. The smallest absolute Gasteiger partial charge is 0.320 e. The highest BCUT2D eigenvalue weighted by Crippen LogP contribution is 2.44. The van der Waals surface area contributed by atoms with Crippen LogP contribution in [0.25, 0.3) is 11.3 Å². The van der Waals surface area contributed by atoms with Crippen LogP contribution >= 0.6 is 0 Å². The lowest BCUT2D eigenvalue weighted by atomic mass is 9.87. The number of phenolic OH excluding ortho intramolecular Hbond substituents is 1. The summed E-state index contributed by atoms with van der Waals surface area (Å²) < 4.78 is 10.8. The molecule has 0 saturated heterocycles. The van der Waals surface area contributed by atoms with Crippen LogP contribution < -0.4 is 20.1 Å². The first kappa shape index (κ1) is 22.7. The number of methoxy groups -OCH3 is 1. The van der Waals surface area contributed by atoms with Crippen molar-refractivity contribution < 1.29 is 24.3 Å². The number of phenols is 1. The van der Waals surface area contributed by atoms with Crippen molar-refractivity contribution >= 4 is 23.0 Å². The highest BCUT2D eigenvalue weighted by atomic mass is 16.6. The Bertz CT molecular complexity index is 1270. The van der Waals surface area contributed by atoms with Crippen molar-refractivity contribution in [2.75, 3.05) is 13.7 Å². The third-order valence-electron chi connectivity index (χ3n) is 5.42. The topological polar surface area (TPSA) is 123 Å². The summed E-state index contributed by atoms with van der Waals surface area (Å²) in [5, 5.41) is 27.7. The molecule has 0 aliphatic carbocycles. The van der Waals surface area contributed by atoms with Crippen LogP contribution in [0.15, 0.2) is 66.7 Å². The fraction of sp³-hybridized carbons (Fsp3) is 0.160. The normalized spacial score (nSPS) is 15.4. The van der Waals surface area contributed by atoms with E-state index in [-0.39, 0.29) is 12.4 Å². The number of nitro benzene ring substituents is 1. The summed E-state index contributed by atoms with van der Waals surface area (Å²) in [5.41, 5.74) is 2.61. The standard InChI is InChI=1S/C25H23N3O6/c1-3-34-20-14-17(13-19(24(20)29)28(31)32)23-21(15-8-5-4-6-9-15)22(26-25(30)27-23)16-10-7-11-18(12-16)33-2/h4-14,23,29H,3H2,1-2H3,(H2,26,27,30). The van der Waals surface area contributed by atoms with E-state index in [2.05, 4.69) is 10.6 Å². The van der Waals surface area contributed by atoms with Gasteiger partial charge in [0.05, 0.1) is 30.4 Å². The van der Waals surface area contributed by atoms with Gasteiger partial charge < -0.3 is 25.2 Å². The molecule has 0 saturated carbocycles. The number of amides is 2. The minimum atomic E-state index is -0.768. The van der Waals surface area contributed by atoms with Crippen LogP contribution in [0.3, 0.4) is 0 Å². The Morgan fingerprint density at radius 3 is 2.47 bits per heavy atom.